The summed E-state index contributed by atoms with van der Waals surface area (Å²) in [6.07, 6.45) is 6.46. The van der Waals surface area contributed by atoms with Crippen LogP contribution in [0.3, 0.4) is 0 Å². The van der Waals surface area contributed by atoms with Crippen LogP contribution in [0.15, 0.2) is 36.7 Å². The first-order chi connectivity index (χ1) is 17.5. The van der Waals surface area contributed by atoms with Crippen LogP contribution in [0.4, 0.5) is 0 Å². The van der Waals surface area contributed by atoms with Crippen molar-refractivity contribution in [2.24, 2.45) is 7.05 Å². The zero-order valence-corrected chi connectivity index (χ0v) is 21.2. The SMILES string of the molecule is CCC(=O)N1CCn2c(C3CCOCC3)nc(-c3cccc4cc(-c5cn(C)nc5C)ncc34)c2C1. The first-order valence-corrected chi connectivity index (χ1v) is 12.9. The first-order valence-electron chi connectivity index (χ1n) is 12.9. The van der Waals surface area contributed by atoms with Crippen molar-refractivity contribution >= 4 is 16.7 Å². The van der Waals surface area contributed by atoms with Crippen LogP contribution < -0.4 is 0 Å². The quantitative estimate of drug-likeness (QED) is 0.428. The second-order valence-corrected chi connectivity index (χ2v) is 9.87. The lowest BCUT2D eigenvalue weighted by Crippen LogP contribution is -2.38. The Hall–Kier alpha value is -3.52. The summed E-state index contributed by atoms with van der Waals surface area (Å²) >= 11 is 0. The van der Waals surface area contributed by atoms with Gasteiger partial charge in [-0.05, 0) is 31.2 Å². The second-order valence-electron chi connectivity index (χ2n) is 9.87. The summed E-state index contributed by atoms with van der Waals surface area (Å²) in [5, 5.41) is 6.67. The molecule has 1 fully saturated rings. The number of nitrogens with zero attached hydrogens (tertiary/aromatic N) is 6. The standard InChI is InChI=1S/C28H32N6O2/c1-4-26(35)33-10-11-34-25(17-33)27(30-28(34)19-8-12-36-13-9-19)21-7-5-6-20-14-24(29-15-22(20)21)23-16-32(3)31-18(23)2/h5-7,14-16,19H,4,8-13,17H2,1-3H3. The fraction of sp³-hybridized carbons (Fsp3) is 0.429. The van der Waals surface area contributed by atoms with Crippen molar-refractivity contribution in [3.63, 3.8) is 0 Å². The Labute approximate surface area is 210 Å². The minimum atomic E-state index is 0.192. The van der Waals surface area contributed by atoms with E-state index in [1.165, 1.54) is 0 Å². The molecule has 0 aliphatic carbocycles. The topological polar surface area (TPSA) is 78.1 Å². The Balaban J connectivity index is 1.48. The summed E-state index contributed by atoms with van der Waals surface area (Å²) in [5.74, 6) is 1.71. The molecule has 0 radical (unpaired) electrons. The molecule has 1 amide bonds. The molecule has 5 heterocycles. The molecule has 1 aromatic carbocycles. The molecule has 6 rings (SSSR count). The molecule has 0 atom stereocenters. The van der Waals surface area contributed by atoms with Crippen LogP contribution >= 0.6 is 0 Å². The van der Waals surface area contributed by atoms with Crippen molar-refractivity contribution in [2.75, 3.05) is 19.8 Å². The maximum absolute atomic E-state index is 12.6. The van der Waals surface area contributed by atoms with E-state index in [1.807, 2.05) is 42.9 Å². The number of carbonyl (C=O) groups is 1. The molecular weight excluding hydrogens is 452 g/mol. The van der Waals surface area contributed by atoms with Gasteiger partial charge in [0.1, 0.15) is 5.82 Å². The molecular formula is C28H32N6O2. The molecule has 2 aliphatic heterocycles. The van der Waals surface area contributed by atoms with Gasteiger partial charge in [-0.15, -0.1) is 0 Å². The Bertz CT molecular complexity index is 1450. The smallest absolute Gasteiger partial charge is 0.222 e. The molecule has 0 unspecified atom stereocenters. The van der Waals surface area contributed by atoms with Crippen molar-refractivity contribution in [3.8, 4) is 22.5 Å². The van der Waals surface area contributed by atoms with Gasteiger partial charge in [-0.25, -0.2) is 4.98 Å². The molecule has 8 nitrogen and oxygen atoms in total. The Morgan fingerprint density at radius 1 is 1.17 bits per heavy atom. The fourth-order valence-corrected chi connectivity index (χ4v) is 5.69. The molecule has 4 aromatic rings. The normalized spacial score (nSPS) is 16.5. The summed E-state index contributed by atoms with van der Waals surface area (Å²) in [6, 6.07) is 8.49. The van der Waals surface area contributed by atoms with Gasteiger partial charge >= 0.3 is 0 Å². The van der Waals surface area contributed by atoms with Crippen molar-refractivity contribution in [1.29, 1.82) is 0 Å². The third kappa shape index (κ3) is 3.89. The lowest BCUT2D eigenvalue weighted by Gasteiger charge is -2.31. The highest BCUT2D eigenvalue weighted by molar-refractivity contribution is 5.97. The van der Waals surface area contributed by atoms with Gasteiger partial charge in [-0.1, -0.05) is 25.1 Å². The molecule has 1 saturated heterocycles. The summed E-state index contributed by atoms with van der Waals surface area (Å²) in [4.78, 5) is 24.7. The molecule has 186 valence electrons. The largest absolute Gasteiger partial charge is 0.381 e. The van der Waals surface area contributed by atoms with E-state index in [4.69, 9.17) is 14.7 Å². The lowest BCUT2D eigenvalue weighted by atomic mass is 9.99. The van der Waals surface area contributed by atoms with Gasteiger partial charge in [0.25, 0.3) is 0 Å². The van der Waals surface area contributed by atoms with E-state index in [0.29, 0.717) is 18.9 Å². The van der Waals surface area contributed by atoms with E-state index in [0.717, 1.165) is 89.6 Å². The number of hydrogen-bond donors (Lipinski definition) is 0. The number of pyridine rings is 1. The van der Waals surface area contributed by atoms with E-state index >= 15 is 0 Å². The predicted octanol–water partition coefficient (Wildman–Crippen LogP) is 4.45. The van der Waals surface area contributed by atoms with Crippen molar-refractivity contribution in [1.82, 2.24) is 29.2 Å². The number of aryl methyl sites for hydroxylation is 2. The van der Waals surface area contributed by atoms with Crippen LogP contribution in [0.1, 0.15) is 49.3 Å². The summed E-state index contributed by atoms with van der Waals surface area (Å²) in [6.45, 7) is 7.60. The second kappa shape index (κ2) is 9.17. The molecule has 3 aromatic heterocycles. The van der Waals surface area contributed by atoms with Crippen molar-refractivity contribution in [2.45, 2.75) is 52.1 Å². The average Bonchev–Trinajstić information content (AvgIpc) is 3.46. The number of hydrogen-bond acceptors (Lipinski definition) is 5. The van der Waals surface area contributed by atoms with E-state index in [2.05, 4.69) is 33.9 Å². The maximum atomic E-state index is 12.6. The predicted molar refractivity (Wildman–Crippen MR) is 138 cm³/mol. The Kier molecular flexibility index (Phi) is 5.84. The number of rotatable bonds is 4. The van der Waals surface area contributed by atoms with E-state index in [-0.39, 0.29) is 5.91 Å². The minimum Gasteiger partial charge on any atom is -0.381 e. The number of amides is 1. The molecule has 0 spiro atoms. The van der Waals surface area contributed by atoms with E-state index in [1.54, 1.807) is 0 Å². The number of benzene rings is 1. The molecule has 2 aliphatic rings. The number of aromatic nitrogens is 5. The minimum absolute atomic E-state index is 0.192. The Morgan fingerprint density at radius 2 is 2.00 bits per heavy atom. The average molecular weight is 485 g/mol. The number of imidazole rings is 1. The van der Waals surface area contributed by atoms with Crippen LogP contribution in [0.5, 0.6) is 0 Å². The van der Waals surface area contributed by atoms with E-state index < -0.39 is 0 Å². The highest BCUT2D eigenvalue weighted by Crippen LogP contribution is 2.37. The van der Waals surface area contributed by atoms with E-state index in [9.17, 15) is 4.79 Å². The number of ether oxygens (including phenoxy) is 1. The molecule has 0 saturated carbocycles. The van der Waals surface area contributed by atoms with Crippen LogP contribution in [-0.2, 0) is 29.7 Å². The maximum Gasteiger partial charge on any atom is 0.222 e. The van der Waals surface area contributed by atoms with Gasteiger partial charge in [-0.3, -0.25) is 14.5 Å². The Morgan fingerprint density at radius 3 is 2.75 bits per heavy atom. The van der Waals surface area contributed by atoms with Gasteiger partial charge in [0.05, 0.1) is 29.3 Å². The van der Waals surface area contributed by atoms with Crippen LogP contribution in [-0.4, -0.2) is 54.9 Å². The van der Waals surface area contributed by atoms with Crippen LogP contribution in [0.2, 0.25) is 0 Å². The highest BCUT2D eigenvalue weighted by atomic mass is 16.5. The zero-order valence-electron chi connectivity index (χ0n) is 21.2. The van der Waals surface area contributed by atoms with Crippen molar-refractivity contribution in [3.05, 3.63) is 53.9 Å². The molecule has 36 heavy (non-hydrogen) atoms. The van der Waals surface area contributed by atoms with Gasteiger partial charge in [0.2, 0.25) is 5.91 Å². The van der Waals surface area contributed by atoms with Gasteiger partial charge < -0.3 is 14.2 Å². The van der Waals surface area contributed by atoms with Crippen LogP contribution in [0.25, 0.3) is 33.3 Å². The number of fused-ring (bicyclic) bond motifs is 2. The highest BCUT2D eigenvalue weighted by Gasteiger charge is 2.31. The third-order valence-electron chi connectivity index (χ3n) is 7.59. The molecule has 8 heteroatoms. The summed E-state index contributed by atoms with van der Waals surface area (Å²) in [5.41, 5.74) is 6.10. The summed E-state index contributed by atoms with van der Waals surface area (Å²) in [7, 11) is 1.93. The van der Waals surface area contributed by atoms with Crippen molar-refractivity contribution < 1.29 is 9.53 Å². The lowest BCUT2D eigenvalue weighted by molar-refractivity contribution is -0.132. The molecule has 0 bridgehead atoms. The monoisotopic (exact) mass is 484 g/mol. The molecule has 0 N–H and O–H groups in total. The third-order valence-corrected chi connectivity index (χ3v) is 7.59. The van der Waals surface area contributed by atoms with Gasteiger partial charge in [-0.2, -0.15) is 5.10 Å². The van der Waals surface area contributed by atoms with Gasteiger partial charge in [0.15, 0.2) is 0 Å². The fourth-order valence-electron chi connectivity index (χ4n) is 5.69. The summed E-state index contributed by atoms with van der Waals surface area (Å²) < 4.78 is 9.84. The first kappa shape index (κ1) is 22.9. The van der Waals surface area contributed by atoms with Crippen LogP contribution in [0, 0.1) is 6.92 Å². The zero-order chi connectivity index (χ0) is 24.8. The number of carbonyl (C=O) groups excluding carboxylic acids is 1. The van der Waals surface area contributed by atoms with Gasteiger partial charge in [0, 0.05) is 74.6 Å².